The van der Waals surface area contributed by atoms with E-state index >= 15 is 0 Å². The minimum absolute atomic E-state index is 0.218. The summed E-state index contributed by atoms with van der Waals surface area (Å²) >= 11 is 7.79. The number of amides is 2. The third kappa shape index (κ3) is 6.20. The Morgan fingerprint density at radius 3 is 2.75 bits per heavy atom. The number of hydrogen-bond donors (Lipinski definition) is 3. The van der Waals surface area contributed by atoms with Gasteiger partial charge in [-0.1, -0.05) is 11.6 Å². The van der Waals surface area contributed by atoms with Crippen LogP contribution in [-0.4, -0.2) is 45.4 Å². The number of piperidine rings is 1. The number of nitrogens with one attached hydrogen (secondary N) is 1. The number of rotatable bonds is 9. The van der Waals surface area contributed by atoms with E-state index in [0.717, 1.165) is 38.8 Å². The zero-order valence-electron chi connectivity index (χ0n) is 18.1. The average molecular weight is 481 g/mol. The van der Waals surface area contributed by atoms with Gasteiger partial charge in [0.1, 0.15) is 5.75 Å². The molecule has 174 valence electrons. The average Bonchev–Trinajstić information content (AvgIpc) is 3.25. The van der Waals surface area contributed by atoms with E-state index in [9.17, 15) is 9.59 Å². The quantitative estimate of drug-likeness (QED) is 0.372. The summed E-state index contributed by atoms with van der Waals surface area (Å²) < 4.78 is 10.1. The molecule has 0 saturated carbocycles. The Bertz CT molecular complexity index is 944. The van der Waals surface area contributed by atoms with Crippen molar-refractivity contribution in [1.82, 2.24) is 5.32 Å². The molecule has 0 atom stereocenters. The molecule has 0 radical (unpaired) electrons. The van der Waals surface area contributed by atoms with Gasteiger partial charge in [0.15, 0.2) is 0 Å². The number of nitrogens with two attached hydrogens (primary N) is 2. The summed E-state index contributed by atoms with van der Waals surface area (Å²) in [6.45, 7) is 2.79. The second-order valence-electron chi connectivity index (χ2n) is 7.71. The van der Waals surface area contributed by atoms with E-state index in [1.54, 1.807) is 23.5 Å². The first-order valence-corrected chi connectivity index (χ1v) is 11.8. The van der Waals surface area contributed by atoms with E-state index in [1.807, 2.05) is 0 Å². The fourth-order valence-electron chi connectivity index (χ4n) is 3.83. The third-order valence-electron chi connectivity index (χ3n) is 5.58. The van der Waals surface area contributed by atoms with Crippen LogP contribution >= 0.6 is 22.9 Å². The van der Waals surface area contributed by atoms with Crippen LogP contribution in [0, 0.1) is 5.92 Å². The number of anilines is 2. The topological polar surface area (TPSA) is 120 Å². The Balaban J connectivity index is 1.48. The summed E-state index contributed by atoms with van der Waals surface area (Å²) in [5.74, 6) is 0.589. The zero-order chi connectivity index (χ0) is 23.1. The van der Waals surface area contributed by atoms with Crippen molar-refractivity contribution >= 4 is 46.3 Å². The molecular formula is C22H29ClN4O4S. The van der Waals surface area contributed by atoms with Crippen molar-refractivity contribution in [2.24, 2.45) is 11.7 Å². The minimum Gasteiger partial charge on any atom is -0.496 e. The molecule has 5 N–H and O–H groups in total. The molecule has 0 spiro atoms. The smallest absolute Gasteiger partial charge is 0.404 e. The number of carbonyl (C=O) groups is 2. The number of benzene rings is 1. The molecule has 1 saturated heterocycles. The summed E-state index contributed by atoms with van der Waals surface area (Å²) in [4.78, 5) is 27.0. The normalized spacial score (nSPS) is 14.2. The first-order valence-electron chi connectivity index (χ1n) is 10.5. The second kappa shape index (κ2) is 11.3. The Labute approximate surface area is 196 Å². The van der Waals surface area contributed by atoms with Crippen LogP contribution < -0.4 is 26.4 Å². The molecule has 1 aliphatic heterocycles. The molecule has 0 aliphatic carbocycles. The van der Waals surface area contributed by atoms with Crippen molar-refractivity contribution in [2.75, 3.05) is 44.0 Å². The van der Waals surface area contributed by atoms with Gasteiger partial charge < -0.3 is 31.2 Å². The van der Waals surface area contributed by atoms with Gasteiger partial charge in [-0.3, -0.25) is 4.79 Å². The minimum atomic E-state index is -0.733. The van der Waals surface area contributed by atoms with Gasteiger partial charge in [-0.05, 0) is 49.1 Å². The highest BCUT2D eigenvalue weighted by atomic mass is 35.5. The molecule has 2 amide bonds. The first-order chi connectivity index (χ1) is 15.4. The van der Waals surface area contributed by atoms with Crippen LogP contribution in [0.2, 0.25) is 5.02 Å². The lowest BCUT2D eigenvalue weighted by molar-refractivity contribution is 0.0942. The molecule has 0 unspecified atom stereocenters. The lowest BCUT2D eigenvalue weighted by Crippen LogP contribution is -2.39. The van der Waals surface area contributed by atoms with Gasteiger partial charge in [0.05, 0.1) is 35.7 Å². The monoisotopic (exact) mass is 480 g/mol. The molecule has 10 heteroatoms. The maximum atomic E-state index is 12.7. The Morgan fingerprint density at radius 2 is 2.06 bits per heavy atom. The highest BCUT2D eigenvalue weighted by molar-refractivity contribution is 7.10. The van der Waals surface area contributed by atoms with E-state index in [1.165, 1.54) is 17.7 Å². The van der Waals surface area contributed by atoms with Crippen molar-refractivity contribution in [1.29, 1.82) is 0 Å². The van der Waals surface area contributed by atoms with Gasteiger partial charge in [-0.25, -0.2) is 4.79 Å². The van der Waals surface area contributed by atoms with Crippen LogP contribution in [0.1, 0.15) is 34.5 Å². The molecular weight excluding hydrogens is 452 g/mol. The Kier molecular flexibility index (Phi) is 8.46. The summed E-state index contributed by atoms with van der Waals surface area (Å²) in [5, 5.41) is 5.43. The largest absolute Gasteiger partial charge is 0.496 e. The van der Waals surface area contributed by atoms with Crippen molar-refractivity contribution in [3.63, 3.8) is 0 Å². The Hall–Kier alpha value is -2.65. The maximum Gasteiger partial charge on any atom is 0.404 e. The molecule has 2 heterocycles. The van der Waals surface area contributed by atoms with E-state index in [4.69, 9.17) is 32.5 Å². The van der Waals surface area contributed by atoms with Crippen LogP contribution in [0.4, 0.5) is 16.2 Å². The van der Waals surface area contributed by atoms with Gasteiger partial charge in [0.2, 0.25) is 0 Å². The van der Waals surface area contributed by atoms with Crippen LogP contribution in [0.3, 0.4) is 0 Å². The number of carbonyl (C=O) groups excluding carboxylic acids is 2. The first kappa shape index (κ1) is 24.0. The predicted octanol–water partition coefficient (Wildman–Crippen LogP) is 3.67. The molecule has 8 nitrogen and oxygen atoms in total. The number of hydrogen-bond acceptors (Lipinski definition) is 7. The molecule has 1 aromatic carbocycles. The Morgan fingerprint density at radius 1 is 1.31 bits per heavy atom. The van der Waals surface area contributed by atoms with E-state index in [-0.39, 0.29) is 5.91 Å². The van der Waals surface area contributed by atoms with Crippen molar-refractivity contribution in [3.05, 3.63) is 39.0 Å². The van der Waals surface area contributed by atoms with E-state index in [0.29, 0.717) is 41.1 Å². The number of ether oxygens (including phenoxy) is 2. The molecule has 32 heavy (non-hydrogen) atoms. The number of aryl methyl sites for hydroxylation is 1. The second-order valence-corrected chi connectivity index (χ2v) is 9.12. The number of primary amides is 1. The van der Waals surface area contributed by atoms with Crippen molar-refractivity contribution < 1.29 is 19.1 Å². The fourth-order valence-corrected chi connectivity index (χ4v) is 4.94. The lowest BCUT2D eigenvalue weighted by Gasteiger charge is -2.34. The zero-order valence-corrected chi connectivity index (χ0v) is 19.6. The summed E-state index contributed by atoms with van der Waals surface area (Å²) in [6.07, 6.45) is 2.84. The standard InChI is InChI=1S/C22H29ClN4O4S/c1-30-19-12-17(24)16(23)11-15(19)21(28)26-13-14-4-7-27(8-5-14)18-6-10-32-20(18)3-2-9-31-22(25)29/h6,10-12,14H,2-5,7-9,13,24H2,1H3,(H2,25,29)(H,26,28). The number of nitrogen functional groups attached to an aromatic ring is 1. The van der Waals surface area contributed by atoms with Crippen LogP contribution in [0.5, 0.6) is 5.75 Å². The van der Waals surface area contributed by atoms with Crippen LogP contribution in [0.25, 0.3) is 0 Å². The molecule has 3 rings (SSSR count). The highest BCUT2D eigenvalue weighted by Gasteiger charge is 2.23. The van der Waals surface area contributed by atoms with Crippen LogP contribution in [0.15, 0.2) is 23.6 Å². The van der Waals surface area contributed by atoms with Gasteiger partial charge in [0.25, 0.3) is 5.91 Å². The summed E-state index contributed by atoms with van der Waals surface area (Å²) in [6, 6.07) is 5.25. The van der Waals surface area contributed by atoms with Gasteiger partial charge in [-0.2, -0.15) is 0 Å². The SMILES string of the molecule is COc1cc(N)c(Cl)cc1C(=O)NCC1CCN(c2ccsc2CCCOC(N)=O)CC1. The lowest BCUT2D eigenvalue weighted by atomic mass is 9.96. The fraction of sp³-hybridized carbons (Fsp3) is 0.455. The third-order valence-corrected chi connectivity index (χ3v) is 6.88. The molecule has 0 bridgehead atoms. The molecule has 1 aliphatic rings. The predicted molar refractivity (Wildman–Crippen MR) is 128 cm³/mol. The summed E-state index contributed by atoms with van der Waals surface area (Å²) in [5.41, 5.74) is 12.8. The molecule has 2 aromatic rings. The van der Waals surface area contributed by atoms with Crippen molar-refractivity contribution in [3.8, 4) is 5.75 Å². The number of halogens is 1. The highest BCUT2D eigenvalue weighted by Crippen LogP contribution is 2.32. The maximum absolute atomic E-state index is 12.7. The molecule has 1 fully saturated rings. The molecule has 1 aromatic heterocycles. The van der Waals surface area contributed by atoms with Crippen LogP contribution in [-0.2, 0) is 11.2 Å². The van der Waals surface area contributed by atoms with E-state index in [2.05, 4.69) is 21.7 Å². The summed E-state index contributed by atoms with van der Waals surface area (Å²) in [7, 11) is 1.50. The number of methoxy groups -OCH3 is 1. The van der Waals surface area contributed by atoms with Gasteiger partial charge in [0, 0.05) is 30.6 Å². The number of nitrogens with zero attached hydrogens (tertiary/aromatic N) is 1. The van der Waals surface area contributed by atoms with Gasteiger partial charge >= 0.3 is 6.09 Å². The van der Waals surface area contributed by atoms with Gasteiger partial charge in [-0.15, -0.1) is 11.3 Å². The van der Waals surface area contributed by atoms with Crippen molar-refractivity contribution in [2.45, 2.75) is 25.7 Å². The van der Waals surface area contributed by atoms with E-state index < -0.39 is 6.09 Å². The number of thiophene rings is 1.